The van der Waals surface area contributed by atoms with Gasteiger partial charge in [0.05, 0.1) is 6.10 Å². The van der Waals surface area contributed by atoms with Crippen LogP contribution in [0.1, 0.15) is 96.5 Å². The van der Waals surface area contributed by atoms with Crippen LogP contribution in [0.25, 0.3) is 0 Å². The molecule has 2 aliphatic rings. The van der Waals surface area contributed by atoms with Gasteiger partial charge in [0.2, 0.25) is 0 Å². The van der Waals surface area contributed by atoms with Crippen LogP contribution in [-0.2, 0) is 0 Å². The molecule has 2 N–H and O–H groups in total. The Morgan fingerprint density at radius 1 is 0.962 bits per heavy atom. The van der Waals surface area contributed by atoms with Gasteiger partial charge in [0, 0.05) is 0 Å². The number of fused-ring (bicyclic) bond motifs is 1. The van der Waals surface area contributed by atoms with Gasteiger partial charge in [0.15, 0.2) is 0 Å². The number of aliphatic hydroxyl groups is 1. The van der Waals surface area contributed by atoms with Crippen LogP contribution in [0.3, 0.4) is 0 Å². The molecule has 1 aromatic rings. The third kappa shape index (κ3) is 6.61. The average Bonchev–Trinajstić information content (AvgIpc) is 3.37. The average molecular weight is 361 g/mol. The summed E-state index contributed by atoms with van der Waals surface area (Å²) in [6.07, 6.45) is 12.8. The molecule has 0 spiro atoms. The van der Waals surface area contributed by atoms with E-state index in [4.69, 9.17) is 0 Å². The molecule has 148 valence electrons. The minimum Gasteiger partial charge on any atom is -0.508 e. The first-order valence-electron chi connectivity index (χ1n) is 11.0. The Labute approximate surface area is 161 Å². The Morgan fingerprint density at radius 2 is 1.62 bits per heavy atom. The van der Waals surface area contributed by atoms with Gasteiger partial charge in [0.25, 0.3) is 0 Å². The van der Waals surface area contributed by atoms with Crippen molar-refractivity contribution >= 4 is 0 Å². The molecule has 4 atom stereocenters. The highest BCUT2D eigenvalue weighted by atomic mass is 16.3. The zero-order valence-electron chi connectivity index (χ0n) is 17.2. The molecule has 0 bridgehead atoms. The normalized spacial score (nSPS) is 26.3. The smallest absolute Gasteiger partial charge is 0.115 e. The lowest BCUT2D eigenvalue weighted by Gasteiger charge is -2.17. The Hall–Kier alpha value is -1.02. The molecule has 26 heavy (non-hydrogen) atoms. The van der Waals surface area contributed by atoms with E-state index in [1.54, 1.807) is 6.07 Å². The summed E-state index contributed by atoms with van der Waals surface area (Å²) in [4.78, 5) is 0. The predicted octanol–water partition coefficient (Wildman–Crippen LogP) is 6.66. The zero-order chi connectivity index (χ0) is 18.9. The van der Waals surface area contributed by atoms with E-state index in [0.29, 0.717) is 17.6 Å². The SMILES string of the molecule is CC1CC(O)C2CC12.CCCCCC(CCCCC)c1cccc(O)c1. The fourth-order valence-corrected chi connectivity index (χ4v) is 4.60. The summed E-state index contributed by atoms with van der Waals surface area (Å²) in [7, 11) is 0. The highest BCUT2D eigenvalue weighted by Crippen LogP contribution is 2.54. The van der Waals surface area contributed by atoms with Gasteiger partial charge < -0.3 is 10.2 Å². The molecule has 3 rings (SSSR count). The topological polar surface area (TPSA) is 40.5 Å². The lowest BCUT2D eigenvalue weighted by Crippen LogP contribution is -2.05. The number of phenolic OH excluding ortho intramolecular Hbond substituents is 1. The summed E-state index contributed by atoms with van der Waals surface area (Å²) < 4.78 is 0. The van der Waals surface area contributed by atoms with Crippen LogP contribution in [0.15, 0.2) is 24.3 Å². The molecule has 0 heterocycles. The van der Waals surface area contributed by atoms with Gasteiger partial charge in [-0.2, -0.15) is 0 Å². The Morgan fingerprint density at radius 3 is 2.00 bits per heavy atom. The minimum atomic E-state index is 0.0648. The molecule has 4 unspecified atom stereocenters. The second-order valence-electron chi connectivity index (χ2n) is 8.63. The minimum absolute atomic E-state index is 0.0648. The summed E-state index contributed by atoms with van der Waals surface area (Å²) in [5.41, 5.74) is 1.32. The van der Waals surface area contributed by atoms with Crippen molar-refractivity contribution in [2.24, 2.45) is 17.8 Å². The number of aromatic hydroxyl groups is 1. The second-order valence-corrected chi connectivity index (χ2v) is 8.63. The van der Waals surface area contributed by atoms with E-state index in [-0.39, 0.29) is 6.10 Å². The molecule has 0 amide bonds. The molecule has 2 heteroatoms. The van der Waals surface area contributed by atoms with E-state index in [2.05, 4.69) is 26.8 Å². The third-order valence-corrected chi connectivity index (χ3v) is 6.38. The summed E-state index contributed by atoms with van der Waals surface area (Å²) in [6.45, 7) is 6.75. The van der Waals surface area contributed by atoms with Crippen LogP contribution in [-0.4, -0.2) is 16.3 Å². The van der Waals surface area contributed by atoms with Crippen LogP contribution in [0.5, 0.6) is 5.75 Å². The number of phenols is 1. The van der Waals surface area contributed by atoms with E-state index >= 15 is 0 Å². The van der Waals surface area contributed by atoms with E-state index in [0.717, 1.165) is 18.3 Å². The highest BCUT2D eigenvalue weighted by Gasteiger charge is 2.51. The van der Waals surface area contributed by atoms with Gasteiger partial charge >= 0.3 is 0 Å². The van der Waals surface area contributed by atoms with E-state index in [1.807, 2.05) is 12.1 Å². The lowest BCUT2D eigenvalue weighted by atomic mass is 9.88. The molecule has 2 fully saturated rings. The van der Waals surface area contributed by atoms with E-state index in [9.17, 15) is 10.2 Å². The van der Waals surface area contributed by atoms with Crippen LogP contribution < -0.4 is 0 Å². The van der Waals surface area contributed by atoms with E-state index < -0.39 is 0 Å². The third-order valence-electron chi connectivity index (χ3n) is 6.38. The number of rotatable bonds is 9. The molecule has 0 aliphatic heterocycles. The fraction of sp³-hybridized carbons (Fsp3) is 0.750. The van der Waals surface area contributed by atoms with E-state index in [1.165, 1.54) is 63.4 Å². The van der Waals surface area contributed by atoms with Gasteiger partial charge in [-0.3, -0.25) is 0 Å². The fourth-order valence-electron chi connectivity index (χ4n) is 4.60. The highest BCUT2D eigenvalue weighted by molar-refractivity contribution is 5.29. The van der Waals surface area contributed by atoms with Gasteiger partial charge in [-0.1, -0.05) is 71.4 Å². The van der Waals surface area contributed by atoms with Crippen molar-refractivity contribution in [3.63, 3.8) is 0 Å². The lowest BCUT2D eigenvalue weighted by molar-refractivity contribution is 0.153. The molecule has 0 radical (unpaired) electrons. The van der Waals surface area contributed by atoms with Gasteiger partial charge in [-0.15, -0.1) is 0 Å². The molecule has 2 nitrogen and oxygen atoms in total. The predicted molar refractivity (Wildman–Crippen MR) is 111 cm³/mol. The Kier molecular flexibility index (Phi) is 8.98. The monoisotopic (exact) mass is 360 g/mol. The van der Waals surface area contributed by atoms with Crippen LogP contribution in [0.2, 0.25) is 0 Å². The summed E-state index contributed by atoms with van der Waals surface area (Å²) in [6, 6.07) is 7.85. The van der Waals surface area contributed by atoms with Crippen LogP contribution in [0, 0.1) is 17.8 Å². The number of aliphatic hydroxyl groups excluding tert-OH is 1. The molecule has 0 saturated heterocycles. The standard InChI is InChI=1S/C17H28O.C7H12O/c1-3-5-7-10-15(11-8-6-4-2)16-12-9-13-17(18)14-16;1-4-2-7(8)6-3-5(4)6/h9,12-15,18H,3-8,10-11H2,1-2H3;4-8H,2-3H2,1H3. The maximum absolute atomic E-state index is 9.61. The van der Waals surface area contributed by atoms with Crippen LogP contribution in [0.4, 0.5) is 0 Å². The van der Waals surface area contributed by atoms with Crippen molar-refractivity contribution in [1.29, 1.82) is 0 Å². The summed E-state index contributed by atoms with van der Waals surface area (Å²) >= 11 is 0. The van der Waals surface area contributed by atoms with Crippen molar-refractivity contribution in [3.8, 4) is 5.75 Å². The Balaban J connectivity index is 0.000000247. The van der Waals surface area contributed by atoms with Crippen molar-refractivity contribution < 1.29 is 10.2 Å². The number of hydrogen-bond acceptors (Lipinski definition) is 2. The number of hydrogen-bond donors (Lipinski definition) is 2. The number of unbranched alkanes of at least 4 members (excludes halogenated alkanes) is 4. The first kappa shape index (κ1) is 21.3. The number of benzene rings is 1. The maximum atomic E-state index is 9.61. The summed E-state index contributed by atoms with van der Waals surface area (Å²) in [5.74, 6) is 3.48. The molecular formula is C24H40O2. The van der Waals surface area contributed by atoms with Gasteiger partial charge in [-0.25, -0.2) is 0 Å². The molecule has 2 aliphatic carbocycles. The van der Waals surface area contributed by atoms with Gasteiger partial charge in [0.1, 0.15) is 5.75 Å². The van der Waals surface area contributed by atoms with Crippen molar-refractivity contribution in [2.75, 3.05) is 0 Å². The van der Waals surface area contributed by atoms with Gasteiger partial charge in [-0.05, 0) is 67.1 Å². The molecular weight excluding hydrogens is 320 g/mol. The van der Waals surface area contributed by atoms with Crippen molar-refractivity contribution in [1.82, 2.24) is 0 Å². The largest absolute Gasteiger partial charge is 0.508 e. The first-order valence-corrected chi connectivity index (χ1v) is 11.0. The Bertz CT molecular complexity index is 487. The quantitative estimate of drug-likeness (QED) is 0.483. The zero-order valence-corrected chi connectivity index (χ0v) is 17.2. The van der Waals surface area contributed by atoms with Crippen molar-refractivity contribution in [3.05, 3.63) is 29.8 Å². The summed E-state index contributed by atoms with van der Waals surface area (Å²) in [5, 5.41) is 18.8. The van der Waals surface area contributed by atoms with Crippen molar-refractivity contribution in [2.45, 2.75) is 97.0 Å². The molecule has 0 aromatic heterocycles. The second kappa shape index (κ2) is 11.0. The van der Waals surface area contributed by atoms with Crippen LogP contribution >= 0.6 is 0 Å². The first-order chi connectivity index (χ1) is 12.6. The molecule has 1 aromatic carbocycles. The molecule has 2 saturated carbocycles. The maximum Gasteiger partial charge on any atom is 0.115 e.